The van der Waals surface area contributed by atoms with Gasteiger partial charge in [0, 0.05) is 0 Å². The lowest BCUT2D eigenvalue weighted by atomic mass is 10.2. The molecule has 0 rings (SSSR count). The lowest BCUT2D eigenvalue weighted by molar-refractivity contribution is 1.14. The first-order valence-corrected chi connectivity index (χ1v) is 3.79. The van der Waals surface area contributed by atoms with Crippen LogP contribution in [-0.4, -0.2) is 0 Å². The Morgan fingerprint density at radius 3 is 2.30 bits per heavy atom. The van der Waals surface area contributed by atoms with E-state index >= 15 is 0 Å². The van der Waals surface area contributed by atoms with Crippen LogP contribution in [0.1, 0.15) is 27.2 Å². The predicted molar refractivity (Wildman–Crippen MR) is 48.0 cm³/mol. The van der Waals surface area contributed by atoms with E-state index in [9.17, 15) is 0 Å². The van der Waals surface area contributed by atoms with E-state index in [-0.39, 0.29) is 0 Å². The highest BCUT2D eigenvalue weighted by Crippen LogP contribution is 2.01. The Bertz CT molecular complexity index is 147. The van der Waals surface area contributed by atoms with Crippen LogP contribution < -0.4 is 0 Å². The van der Waals surface area contributed by atoms with E-state index in [0.29, 0.717) is 0 Å². The molecular weight excluding hydrogens is 120 g/mol. The van der Waals surface area contributed by atoms with E-state index in [2.05, 4.69) is 32.1 Å². The Morgan fingerprint density at radius 2 is 1.90 bits per heavy atom. The van der Waals surface area contributed by atoms with Crippen LogP contribution in [0, 0.1) is 0 Å². The maximum absolute atomic E-state index is 2.16. The maximum atomic E-state index is 2.16. The van der Waals surface area contributed by atoms with Crippen molar-refractivity contribution in [1.29, 1.82) is 0 Å². The Morgan fingerprint density at radius 1 is 1.20 bits per heavy atom. The molecule has 0 atom stereocenters. The molecule has 0 saturated heterocycles. The van der Waals surface area contributed by atoms with E-state index in [1.807, 2.05) is 19.1 Å². The first-order chi connectivity index (χ1) is 4.85. The van der Waals surface area contributed by atoms with Gasteiger partial charge in [-0.2, -0.15) is 0 Å². The summed E-state index contributed by atoms with van der Waals surface area (Å²) in [6, 6.07) is 0. The number of hydrogen-bond acceptors (Lipinski definition) is 0. The number of hydrogen-bond donors (Lipinski definition) is 0. The molecule has 0 nitrogen and oxygen atoms in total. The molecule has 0 saturated carbocycles. The molecule has 0 aliphatic carbocycles. The van der Waals surface area contributed by atoms with Crippen LogP contribution in [0.5, 0.6) is 0 Å². The van der Waals surface area contributed by atoms with Crippen molar-refractivity contribution in [2.24, 2.45) is 0 Å². The Kier molecular flexibility index (Phi) is 5.85. The quantitative estimate of drug-likeness (QED) is 0.521. The van der Waals surface area contributed by atoms with Crippen molar-refractivity contribution in [1.82, 2.24) is 0 Å². The zero-order valence-corrected chi connectivity index (χ0v) is 7.09. The second-order valence-electron chi connectivity index (χ2n) is 2.10. The van der Waals surface area contributed by atoms with Crippen LogP contribution in [0.4, 0.5) is 0 Å². The average Bonchev–Trinajstić information content (AvgIpc) is 1.99. The van der Waals surface area contributed by atoms with Crippen LogP contribution in [0.15, 0.2) is 36.0 Å². The Balaban J connectivity index is 3.85. The minimum Gasteiger partial charge on any atom is -0.0877 e. The van der Waals surface area contributed by atoms with Crippen LogP contribution in [0.2, 0.25) is 0 Å². The molecule has 0 bridgehead atoms. The fraction of sp³-hybridized carbons (Fsp3) is 0.400. The van der Waals surface area contributed by atoms with E-state index in [1.54, 1.807) is 0 Å². The third-order valence-electron chi connectivity index (χ3n) is 1.39. The molecule has 0 radical (unpaired) electrons. The molecule has 0 spiro atoms. The minimum absolute atomic E-state index is 1.12. The first kappa shape index (κ1) is 9.22. The lowest BCUT2D eigenvalue weighted by Gasteiger charge is -1.90. The zero-order valence-electron chi connectivity index (χ0n) is 7.09. The molecule has 0 heteroatoms. The summed E-state index contributed by atoms with van der Waals surface area (Å²) in [6.45, 7) is 6.25. The van der Waals surface area contributed by atoms with Gasteiger partial charge in [-0.3, -0.25) is 0 Å². The maximum Gasteiger partial charge on any atom is -0.0311 e. The summed E-state index contributed by atoms with van der Waals surface area (Å²) in [5, 5.41) is 0. The molecule has 0 aromatic heterocycles. The second-order valence-corrected chi connectivity index (χ2v) is 2.10. The minimum atomic E-state index is 1.12. The molecule has 0 aliphatic heterocycles. The van der Waals surface area contributed by atoms with Gasteiger partial charge in [-0.1, -0.05) is 42.9 Å². The summed E-state index contributed by atoms with van der Waals surface area (Å²) in [5.74, 6) is 0. The topological polar surface area (TPSA) is 0 Å². The summed E-state index contributed by atoms with van der Waals surface area (Å²) < 4.78 is 0. The molecule has 56 valence electrons. The standard InChI is InChI=1S/C10H16/c1-4-7-8-9-10(5-2)6-3/h4-5,7-9H,6H2,1-3H3/b7-4-,9-8-,10-5+. The van der Waals surface area contributed by atoms with Crippen molar-refractivity contribution >= 4 is 0 Å². The van der Waals surface area contributed by atoms with Crippen molar-refractivity contribution in [2.45, 2.75) is 27.2 Å². The molecular formula is C10H16. The van der Waals surface area contributed by atoms with Gasteiger partial charge in [0.2, 0.25) is 0 Å². The molecule has 0 unspecified atom stereocenters. The monoisotopic (exact) mass is 136 g/mol. The Labute approximate surface area is 64.0 Å². The van der Waals surface area contributed by atoms with Gasteiger partial charge in [0.15, 0.2) is 0 Å². The van der Waals surface area contributed by atoms with Crippen LogP contribution in [0.25, 0.3) is 0 Å². The molecule has 0 N–H and O–H groups in total. The highest BCUT2D eigenvalue weighted by molar-refractivity contribution is 5.20. The third-order valence-corrected chi connectivity index (χ3v) is 1.39. The van der Waals surface area contributed by atoms with Crippen molar-refractivity contribution in [2.75, 3.05) is 0 Å². The summed E-state index contributed by atoms with van der Waals surface area (Å²) in [7, 11) is 0. The normalized spacial score (nSPS) is 13.7. The molecule has 0 aliphatic rings. The summed E-state index contributed by atoms with van der Waals surface area (Å²) >= 11 is 0. The second kappa shape index (κ2) is 6.34. The van der Waals surface area contributed by atoms with Crippen molar-refractivity contribution < 1.29 is 0 Å². The molecule has 0 aromatic rings. The molecule has 0 aromatic carbocycles. The summed E-state index contributed by atoms with van der Waals surface area (Å²) in [5.41, 5.74) is 1.39. The van der Waals surface area contributed by atoms with Crippen molar-refractivity contribution in [3.05, 3.63) is 36.0 Å². The van der Waals surface area contributed by atoms with Gasteiger partial charge in [0.25, 0.3) is 0 Å². The fourth-order valence-electron chi connectivity index (χ4n) is 0.708. The highest BCUT2D eigenvalue weighted by atomic mass is 13.9. The first-order valence-electron chi connectivity index (χ1n) is 3.79. The Hall–Kier alpha value is -0.780. The van der Waals surface area contributed by atoms with Gasteiger partial charge in [-0.25, -0.2) is 0 Å². The van der Waals surface area contributed by atoms with Crippen molar-refractivity contribution in [3.63, 3.8) is 0 Å². The van der Waals surface area contributed by atoms with Crippen LogP contribution >= 0.6 is 0 Å². The van der Waals surface area contributed by atoms with Gasteiger partial charge in [-0.05, 0) is 20.3 Å². The number of allylic oxidation sites excluding steroid dienone is 6. The summed E-state index contributed by atoms with van der Waals surface area (Å²) in [6.07, 6.45) is 11.5. The smallest absolute Gasteiger partial charge is 0.0311 e. The summed E-state index contributed by atoms with van der Waals surface area (Å²) in [4.78, 5) is 0. The molecule has 10 heavy (non-hydrogen) atoms. The predicted octanol–water partition coefficient (Wildman–Crippen LogP) is 3.48. The SMILES string of the molecule is C\C=C/C=C\C(=C\C)CC. The van der Waals surface area contributed by atoms with Gasteiger partial charge < -0.3 is 0 Å². The number of rotatable bonds is 3. The molecule has 0 amide bonds. The largest absolute Gasteiger partial charge is 0.0877 e. The van der Waals surface area contributed by atoms with E-state index in [1.165, 1.54) is 5.57 Å². The van der Waals surface area contributed by atoms with E-state index in [0.717, 1.165) is 6.42 Å². The zero-order chi connectivity index (χ0) is 7.82. The molecule has 0 fully saturated rings. The van der Waals surface area contributed by atoms with Gasteiger partial charge in [0.1, 0.15) is 0 Å². The van der Waals surface area contributed by atoms with E-state index in [4.69, 9.17) is 0 Å². The van der Waals surface area contributed by atoms with E-state index < -0.39 is 0 Å². The van der Waals surface area contributed by atoms with Gasteiger partial charge >= 0.3 is 0 Å². The lowest BCUT2D eigenvalue weighted by Crippen LogP contribution is -1.70. The average molecular weight is 136 g/mol. The molecule has 0 heterocycles. The van der Waals surface area contributed by atoms with Gasteiger partial charge in [0.05, 0.1) is 0 Å². The van der Waals surface area contributed by atoms with Crippen LogP contribution in [0.3, 0.4) is 0 Å². The van der Waals surface area contributed by atoms with Crippen molar-refractivity contribution in [3.8, 4) is 0 Å². The van der Waals surface area contributed by atoms with Crippen LogP contribution in [-0.2, 0) is 0 Å². The fourth-order valence-corrected chi connectivity index (χ4v) is 0.708. The van der Waals surface area contributed by atoms with Gasteiger partial charge in [-0.15, -0.1) is 0 Å². The highest BCUT2D eigenvalue weighted by Gasteiger charge is 1.80. The third kappa shape index (κ3) is 4.13.